The number of ketones is 1. The molecule has 1 N–H and O–H groups in total. The van der Waals surface area contributed by atoms with Crippen LogP contribution in [0.2, 0.25) is 0 Å². The predicted octanol–water partition coefficient (Wildman–Crippen LogP) is 3.82. The first kappa shape index (κ1) is 15.2. The molecule has 4 nitrogen and oxygen atoms in total. The predicted molar refractivity (Wildman–Crippen MR) is 81.3 cm³/mol. The minimum absolute atomic E-state index is 0.0484. The summed E-state index contributed by atoms with van der Waals surface area (Å²) in [7, 11) is 0. The molecule has 2 rings (SSSR count). The summed E-state index contributed by atoms with van der Waals surface area (Å²) in [6.07, 6.45) is 6.15. The van der Waals surface area contributed by atoms with Gasteiger partial charge in [0.1, 0.15) is 0 Å². The van der Waals surface area contributed by atoms with E-state index >= 15 is 0 Å². The molecule has 1 amide bonds. The number of Topliss-reactive ketones (excluding diaryl/α,β-unsaturated/α-hetero) is 1. The van der Waals surface area contributed by atoms with Crippen molar-refractivity contribution in [1.29, 1.82) is 0 Å². The molecule has 0 aromatic carbocycles. The van der Waals surface area contributed by atoms with Crippen LogP contribution in [-0.2, 0) is 11.2 Å². The zero-order valence-electron chi connectivity index (χ0n) is 12.2. The summed E-state index contributed by atoms with van der Waals surface area (Å²) >= 11 is 1.33. The van der Waals surface area contributed by atoms with Crippen LogP contribution >= 0.6 is 11.3 Å². The molecular weight excluding hydrogens is 272 g/mol. The van der Waals surface area contributed by atoms with Crippen molar-refractivity contribution in [3.8, 4) is 0 Å². The highest BCUT2D eigenvalue weighted by Crippen LogP contribution is 2.30. The molecule has 1 aliphatic carbocycles. The van der Waals surface area contributed by atoms with Crippen LogP contribution in [0.3, 0.4) is 0 Å². The number of nitrogens with one attached hydrogen (secondary N) is 1. The molecule has 0 aliphatic heterocycles. The molecule has 0 saturated carbocycles. The van der Waals surface area contributed by atoms with E-state index in [0.29, 0.717) is 11.6 Å². The fraction of sp³-hybridized carbons (Fsp3) is 0.667. The summed E-state index contributed by atoms with van der Waals surface area (Å²) < 4.78 is 0. The number of amides is 1. The molecule has 0 unspecified atom stereocenters. The molecule has 1 aromatic heterocycles. The van der Waals surface area contributed by atoms with Gasteiger partial charge >= 0.3 is 0 Å². The molecule has 0 spiro atoms. The second kappa shape index (κ2) is 6.97. The van der Waals surface area contributed by atoms with Crippen molar-refractivity contribution >= 4 is 28.2 Å². The van der Waals surface area contributed by atoms with Crippen molar-refractivity contribution in [3.05, 3.63) is 10.6 Å². The Kier molecular flexibility index (Phi) is 5.29. The van der Waals surface area contributed by atoms with E-state index in [4.69, 9.17) is 0 Å². The Morgan fingerprint density at radius 2 is 2.00 bits per heavy atom. The Labute approximate surface area is 124 Å². The van der Waals surface area contributed by atoms with E-state index in [1.165, 1.54) is 11.3 Å². The third-order valence-electron chi connectivity index (χ3n) is 3.64. The number of anilines is 1. The maximum atomic E-state index is 12.3. The molecule has 20 heavy (non-hydrogen) atoms. The van der Waals surface area contributed by atoms with Gasteiger partial charge in [0, 0.05) is 12.3 Å². The molecule has 5 heteroatoms. The first-order chi connectivity index (χ1) is 9.65. The number of fused-ring (bicyclic) bond motifs is 1. The summed E-state index contributed by atoms with van der Waals surface area (Å²) in [5, 5.41) is 3.50. The number of hydrogen-bond donors (Lipinski definition) is 1. The number of rotatable bonds is 6. The van der Waals surface area contributed by atoms with Gasteiger partial charge in [-0.2, -0.15) is 0 Å². The van der Waals surface area contributed by atoms with Gasteiger partial charge in [-0.05, 0) is 25.7 Å². The Balaban J connectivity index is 2.05. The zero-order chi connectivity index (χ0) is 14.5. The molecule has 0 atom stereocenters. The van der Waals surface area contributed by atoms with Crippen LogP contribution in [0.15, 0.2) is 0 Å². The highest BCUT2D eigenvalue weighted by molar-refractivity contribution is 7.17. The van der Waals surface area contributed by atoms with Crippen molar-refractivity contribution in [2.75, 3.05) is 5.32 Å². The Hall–Kier alpha value is -1.23. The minimum Gasteiger partial charge on any atom is -0.302 e. The van der Waals surface area contributed by atoms with Gasteiger partial charge in [0.15, 0.2) is 10.9 Å². The lowest BCUT2D eigenvalue weighted by Crippen LogP contribution is -2.22. The second-order valence-corrected chi connectivity index (χ2v) is 6.33. The third-order valence-corrected chi connectivity index (χ3v) is 4.70. The van der Waals surface area contributed by atoms with Crippen molar-refractivity contribution in [2.24, 2.45) is 5.92 Å². The lowest BCUT2D eigenvalue weighted by molar-refractivity contribution is -0.120. The van der Waals surface area contributed by atoms with E-state index in [1.54, 1.807) is 0 Å². The molecule has 1 aliphatic rings. The van der Waals surface area contributed by atoms with Crippen LogP contribution in [0.25, 0.3) is 0 Å². The number of aromatic nitrogens is 1. The lowest BCUT2D eigenvalue weighted by atomic mass is 9.97. The van der Waals surface area contributed by atoms with Crippen molar-refractivity contribution in [1.82, 2.24) is 4.98 Å². The second-order valence-electron chi connectivity index (χ2n) is 5.34. The first-order valence-corrected chi connectivity index (χ1v) is 8.31. The Morgan fingerprint density at radius 3 is 2.60 bits per heavy atom. The monoisotopic (exact) mass is 294 g/mol. The average Bonchev–Trinajstić information content (AvgIpc) is 2.82. The SMILES string of the molecule is CCCC(CCC)C(=O)Nc1nc2c(s1)C(=O)CCC2. The van der Waals surface area contributed by atoms with Gasteiger partial charge in [-0.15, -0.1) is 0 Å². The van der Waals surface area contributed by atoms with Crippen LogP contribution in [-0.4, -0.2) is 16.7 Å². The van der Waals surface area contributed by atoms with E-state index in [0.717, 1.165) is 49.1 Å². The molecule has 0 fully saturated rings. The number of aryl methyl sites for hydroxylation is 1. The Morgan fingerprint density at radius 1 is 1.30 bits per heavy atom. The third kappa shape index (κ3) is 3.45. The van der Waals surface area contributed by atoms with Crippen LogP contribution in [0.1, 0.15) is 67.7 Å². The maximum Gasteiger partial charge on any atom is 0.229 e. The van der Waals surface area contributed by atoms with Crippen LogP contribution in [0.5, 0.6) is 0 Å². The summed E-state index contributed by atoms with van der Waals surface area (Å²) in [4.78, 5) is 29.2. The smallest absolute Gasteiger partial charge is 0.229 e. The number of hydrogen-bond acceptors (Lipinski definition) is 4. The summed E-state index contributed by atoms with van der Waals surface area (Å²) in [5.74, 6) is 0.275. The first-order valence-electron chi connectivity index (χ1n) is 7.49. The van der Waals surface area contributed by atoms with Crippen molar-refractivity contribution in [2.45, 2.75) is 58.8 Å². The summed E-state index contributed by atoms with van der Waals surface area (Å²) in [6, 6.07) is 0. The van der Waals surface area contributed by atoms with Gasteiger partial charge in [-0.3, -0.25) is 9.59 Å². The molecule has 0 bridgehead atoms. The van der Waals surface area contributed by atoms with E-state index in [9.17, 15) is 9.59 Å². The fourth-order valence-corrected chi connectivity index (χ4v) is 3.62. The quantitative estimate of drug-likeness (QED) is 0.867. The van der Waals surface area contributed by atoms with Crippen LogP contribution < -0.4 is 5.32 Å². The van der Waals surface area contributed by atoms with Gasteiger partial charge in [-0.1, -0.05) is 38.0 Å². The average molecular weight is 294 g/mol. The topological polar surface area (TPSA) is 59.1 Å². The lowest BCUT2D eigenvalue weighted by Gasteiger charge is -2.13. The van der Waals surface area contributed by atoms with Gasteiger partial charge in [0.2, 0.25) is 5.91 Å². The summed E-state index contributed by atoms with van der Waals surface area (Å²) in [5.41, 5.74) is 0.865. The Bertz CT molecular complexity index is 490. The molecule has 0 saturated heterocycles. The van der Waals surface area contributed by atoms with Gasteiger partial charge in [-0.25, -0.2) is 4.98 Å². The van der Waals surface area contributed by atoms with E-state index in [-0.39, 0.29) is 17.6 Å². The van der Waals surface area contributed by atoms with E-state index < -0.39 is 0 Å². The molecule has 1 heterocycles. The molecule has 0 radical (unpaired) electrons. The summed E-state index contributed by atoms with van der Waals surface area (Å²) in [6.45, 7) is 4.19. The van der Waals surface area contributed by atoms with Crippen LogP contribution in [0.4, 0.5) is 5.13 Å². The molecule has 1 aromatic rings. The number of carbonyl (C=O) groups excluding carboxylic acids is 2. The number of carbonyl (C=O) groups is 2. The minimum atomic E-state index is 0.0484. The highest BCUT2D eigenvalue weighted by Gasteiger charge is 2.24. The normalized spacial score (nSPS) is 14.4. The number of nitrogens with zero attached hydrogens (tertiary/aromatic N) is 1. The fourth-order valence-electron chi connectivity index (χ4n) is 2.63. The van der Waals surface area contributed by atoms with E-state index in [2.05, 4.69) is 24.1 Å². The van der Waals surface area contributed by atoms with Crippen LogP contribution in [0, 0.1) is 5.92 Å². The van der Waals surface area contributed by atoms with E-state index in [1.807, 2.05) is 0 Å². The van der Waals surface area contributed by atoms with Crippen molar-refractivity contribution < 1.29 is 9.59 Å². The standard InChI is InChI=1S/C15H22N2O2S/c1-3-6-10(7-4-2)14(19)17-15-16-11-8-5-9-12(18)13(11)20-15/h10H,3-9H2,1-2H3,(H,16,17,19). The van der Waals surface area contributed by atoms with Gasteiger partial charge < -0.3 is 5.32 Å². The van der Waals surface area contributed by atoms with Gasteiger partial charge in [0.05, 0.1) is 10.6 Å². The zero-order valence-corrected chi connectivity index (χ0v) is 13.0. The molecule has 110 valence electrons. The number of thiazole rings is 1. The highest BCUT2D eigenvalue weighted by atomic mass is 32.1. The molecular formula is C15H22N2O2S. The van der Waals surface area contributed by atoms with Crippen molar-refractivity contribution in [3.63, 3.8) is 0 Å². The maximum absolute atomic E-state index is 12.3. The van der Waals surface area contributed by atoms with Gasteiger partial charge in [0.25, 0.3) is 0 Å². The largest absolute Gasteiger partial charge is 0.302 e.